The van der Waals surface area contributed by atoms with Crippen LogP contribution in [0.3, 0.4) is 0 Å². The second-order valence-corrected chi connectivity index (χ2v) is 13.2. The third-order valence-corrected chi connectivity index (χ3v) is 10.6. The van der Waals surface area contributed by atoms with Crippen LogP contribution in [0.5, 0.6) is 0 Å². The zero-order valence-electron chi connectivity index (χ0n) is 18.4. The standard InChI is InChI=1S/C27H29IO4/c1-18(2)22-8-10-23(11-9-22)25(29)31-28(24-6-4-3-5-7-24)32-26(30)27-15-19-12-20(16-27)14-21(13-19)17-27/h3-11,19-21H,1,12-17H2,2H3. The Hall–Kier alpha value is -2.15. The SMILES string of the molecule is C=C(C)c1ccc(C(=O)OI(OC(=O)C23CC4CC(CC(C4)C2)C3)c2ccccc2)cc1. The summed E-state index contributed by atoms with van der Waals surface area (Å²) in [5.74, 6) is 1.40. The number of benzene rings is 2. The van der Waals surface area contributed by atoms with Crippen LogP contribution in [0.25, 0.3) is 5.57 Å². The summed E-state index contributed by atoms with van der Waals surface area (Å²) in [5, 5.41) is 0. The second kappa shape index (κ2) is 8.65. The van der Waals surface area contributed by atoms with E-state index in [-0.39, 0.29) is 11.4 Å². The summed E-state index contributed by atoms with van der Waals surface area (Å²) in [5.41, 5.74) is 2.01. The van der Waals surface area contributed by atoms with Gasteiger partial charge in [-0.25, -0.2) is 0 Å². The fourth-order valence-electron chi connectivity index (χ4n) is 6.13. The summed E-state index contributed by atoms with van der Waals surface area (Å²) in [4.78, 5) is 26.5. The van der Waals surface area contributed by atoms with Crippen LogP contribution < -0.4 is 0 Å². The van der Waals surface area contributed by atoms with Gasteiger partial charge in [0, 0.05) is 0 Å². The van der Waals surface area contributed by atoms with Gasteiger partial charge >= 0.3 is 198 Å². The Bertz CT molecular complexity index is 992. The van der Waals surface area contributed by atoms with Crippen LogP contribution in [-0.4, -0.2) is 11.9 Å². The predicted molar refractivity (Wildman–Crippen MR) is 132 cm³/mol. The van der Waals surface area contributed by atoms with Crippen molar-refractivity contribution >= 4 is 38.2 Å². The van der Waals surface area contributed by atoms with Gasteiger partial charge in [-0.2, -0.15) is 0 Å². The Morgan fingerprint density at radius 1 is 0.844 bits per heavy atom. The number of hydrogen-bond donors (Lipinski definition) is 0. The van der Waals surface area contributed by atoms with Gasteiger partial charge < -0.3 is 0 Å². The van der Waals surface area contributed by atoms with Gasteiger partial charge in [-0.3, -0.25) is 0 Å². The molecule has 2 aromatic rings. The molecule has 4 fully saturated rings. The Kier molecular flexibility index (Phi) is 5.86. The predicted octanol–water partition coefficient (Wildman–Crippen LogP) is 6.84. The maximum atomic E-state index is 13.5. The molecule has 0 amide bonds. The van der Waals surface area contributed by atoms with E-state index in [0.717, 1.165) is 34.0 Å². The molecule has 4 bridgehead atoms. The quantitative estimate of drug-likeness (QED) is 0.374. The molecule has 0 heterocycles. The Morgan fingerprint density at radius 3 is 1.91 bits per heavy atom. The van der Waals surface area contributed by atoms with E-state index >= 15 is 0 Å². The molecule has 0 unspecified atom stereocenters. The summed E-state index contributed by atoms with van der Waals surface area (Å²) in [7, 11) is 0. The van der Waals surface area contributed by atoms with Crippen LogP contribution in [0.15, 0.2) is 61.2 Å². The molecule has 4 nitrogen and oxygen atoms in total. The summed E-state index contributed by atoms with van der Waals surface area (Å²) >= 11 is -2.97. The Labute approximate surface area is 197 Å². The molecule has 32 heavy (non-hydrogen) atoms. The second-order valence-electron chi connectivity index (χ2n) is 9.80. The van der Waals surface area contributed by atoms with E-state index in [1.165, 1.54) is 19.3 Å². The Balaban J connectivity index is 1.35. The van der Waals surface area contributed by atoms with Crippen LogP contribution in [-0.2, 0) is 10.9 Å². The first kappa shape index (κ1) is 21.7. The molecule has 0 spiro atoms. The molecule has 4 aliphatic rings. The van der Waals surface area contributed by atoms with Crippen LogP contribution in [0, 0.1) is 26.7 Å². The molecule has 0 aliphatic heterocycles. The van der Waals surface area contributed by atoms with E-state index in [9.17, 15) is 9.59 Å². The van der Waals surface area contributed by atoms with Gasteiger partial charge in [-0.15, -0.1) is 0 Å². The van der Waals surface area contributed by atoms with E-state index in [0.29, 0.717) is 23.3 Å². The molecular formula is C27H29IO4. The van der Waals surface area contributed by atoms with Crippen LogP contribution in [0.2, 0.25) is 0 Å². The van der Waals surface area contributed by atoms with E-state index in [1.54, 1.807) is 12.1 Å². The van der Waals surface area contributed by atoms with Gasteiger partial charge in [-0.05, 0) is 0 Å². The zero-order valence-corrected chi connectivity index (χ0v) is 20.5. The van der Waals surface area contributed by atoms with Crippen molar-refractivity contribution in [3.63, 3.8) is 0 Å². The third-order valence-electron chi connectivity index (χ3n) is 7.28. The molecular weight excluding hydrogens is 515 g/mol. The molecule has 168 valence electrons. The topological polar surface area (TPSA) is 52.6 Å². The minimum absolute atomic E-state index is 0.129. The molecule has 5 heteroatoms. The van der Waals surface area contributed by atoms with E-state index < -0.39 is 26.6 Å². The first-order valence-corrected chi connectivity index (χ1v) is 14.2. The van der Waals surface area contributed by atoms with Gasteiger partial charge in [0.25, 0.3) is 0 Å². The molecule has 6 rings (SSSR count). The molecule has 0 atom stereocenters. The third kappa shape index (κ3) is 4.24. The monoisotopic (exact) mass is 544 g/mol. The summed E-state index contributed by atoms with van der Waals surface area (Å²) in [6, 6.07) is 16.7. The van der Waals surface area contributed by atoms with Crippen molar-refractivity contribution in [3.05, 3.63) is 75.9 Å². The van der Waals surface area contributed by atoms with Gasteiger partial charge in [0.15, 0.2) is 0 Å². The fourth-order valence-corrected chi connectivity index (χ4v) is 9.18. The molecule has 2 aromatic carbocycles. The van der Waals surface area contributed by atoms with E-state index in [2.05, 4.69) is 6.58 Å². The molecule has 4 aliphatic carbocycles. The van der Waals surface area contributed by atoms with E-state index in [1.807, 2.05) is 49.4 Å². The molecule has 4 saturated carbocycles. The number of allylic oxidation sites excluding steroid dienone is 1. The van der Waals surface area contributed by atoms with Gasteiger partial charge in [0.1, 0.15) is 0 Å². The van der Waals surface area contributed by atoms with Gasteiger partial charge in [0.05, 0.1) is 0 Å². The number of carbonyl (C=O) groups excluding carboxylic acids is 2. The van der Waals surface area contributed by atoms with Crippen molar-refractivity contribution < 1.29 is 15.7 Å². The van der Waals surface area contributed by atoms with Crippen molar-refractivity contribution in [1.82, 2.24) is 0 Å². The van der Waals surface area contributed by atoms with Crippen molar-refractivity contribution in [2.45, 2.75) is 45.4 Å². The minimum atomic E-state index is -2.97. The first-order chi connectivity index (χ1) is 15.4. The van der Waals surface area contributed by atoms with Gasteiger partial charge in [-0.1, -0.05) is 0 Å². The summed E-state index contributed by atoms with van der Waals surface area (Å²) < 4.78 is 12.9. The average Bonchev–Trinajstić information content (AvgIpc) is 2.78. The molecule has 0 saturated heterocycles. The van der Waals surface area contributed by atoms with Crippen molar-refractivity contribution in [3.8, 4) is 0 Å². The zero-order chi connectivity index (χ0) is 22.3. The average molecular weight is 544 g/mol. The molecule has 0 N–H and O–H groups in total. The fraction of sp³-hybridized carbons (Fsp3) is 0.407. The first-order valence-electron chi connectivity index (χ1n) is 11.4. The molecule has 0 aromatic heterocycles. The van der Waals surface area contributed by atoms with E-state index in [4.69, 9.17) is 6.13 Å². The number of hydrogen-bond acceptors (Lipinski definition) is 4. The number of halogens is 1. The maximum absolute atomic E-state index is 13.5. The van der Waals surface area contributed by atoms with Crippen molar-refractivity contribution in [1.29, 1.82) is 0 Å². The normalized spacial score (nSPS) is 28.2. The Morgan fingerprint density at radius 2 is 1.38 bits per heavy atom. The summed E-state index contributed by atoms with van der Waals surface area (Å²) in [6.45, 7) is 5.86. The van der Waals surface area contributed by atoms with Crippen molar-refractivity contribution in [2.24, 2.45) is 23.2 Å². The summed E-state index contributed by atoms with van der Waals surface area (Å²) in [6.07, 6.45) is 6.61. The van der Waals surface area contributed by atoms with Crippen LogP contribution in [0.1, 0.15) is 61.4 Å². The number of rotatable bonds is 6. The van der Waals surface area contributed by atoms with Gasteiger partial charge in [0.2, 0.25) is 0 Å². The van der Waals surface area contributed by atoms with Crippen molar-refractivity contribution in [2.75, 3.05) is 0 Å². The van der Waals surface area contributed by atoms with Crippen LogP contribution in [0.4, 0.5) is 0 Å². The van der Waals surface area contributed by atoms with Crippen LogP contribution >= 0.6 is 20.6 Å². The molecule has 0 radical (unpaired) electrons. The number of carbonyl (C=O) groups is 2.